The van der Waals surface area contributed by atoms with Gasteiger partial charge in [0, 0.05) is 25.7 Å². The molecule has 1 saturated heterocycles. The number of hydrogen-bond donors (Lipinski definition) is 0. The smallest absolute Gasteiger partial charge is 0.123 e. The van der Waals surface area contributed by atoms with E-state index in [1.807, 2.05) is 19.1 Å². The average Bonchev–Trinajstić information content (AvgIpc) is 2.86. The summed E-state index contributed by atoms with van der Waals surface area (Å²) >= 11 is 0. The molecular formula is C16H22FNO2. The van der Waals surface area contributed by atoms with Crippen molar-refractivity contribution in [3.8, 4) is 0 Å². The van der Waals surface area contributed by atoms with E-state index in [9.17, 15) is 4.39 Å². The van der Waals surface area contributed by atoms with Crippen molar-refractivity contribution < 1.29 is 13.9 Å². The Morgan fingerprint density at radius 1 is 1.30 bits per heavy atom. The van der Waals surface area contributed by atoms with E-state index in [0.717, 1.165) is 44.7 Å². The first-order valence-corrected chi connectivity index (χ1v) is 7.49. The minimum atomic E-state index is -0.175. The predicted molar refractivity (Wildman–Crippen MR) is 75.0 cm³/mol. The van der Waals surface area contributed by atoms with Crippen molar-refractivity contribution in [2.75, 3.05) is 19.8 Å². The van der Waals surface area contributed by atoms with Crippen LogP contribution in [0.4, 0.5) is 4.39 Å². The Balaban J connectivity index is 1.66. The minimum Gasteiger partial charge on any atom is -0.376 e. The molecule has 0 bridgehead atoms. The zero-order chi connectivity index (χ0) is 13.9. The molecule has 0 unspecified atom stereocenters. The molecule has 3 nitrogen and oxygen atoms in total. The topological polar surface area (TPSA) is 21.7 Å². The van der Waals surface area contributed by atoms with Gasteiger partial charge in [-0.1, -0.05) is 12.1 Å². The van der Waals surface area contributed by atoms with E-state index in [1.165, 1.54) is 12.1 Å². The molecule has 0 N–H and O–H groups in total. The number of nitrogens with zero attached hydrogens (tertiary/aromatic N) is 1. The predicted octanol–water partition coefficient (Wildman–Crippen LogP) is 2.59. The van der Waals surface area contributed by atoms with Crippen LogP contribution in [0.15, 0.2) is 24.3 Å². The number of benzene rings is 1. The molecule has 0 amide bonds. The number of halogens is 1. The van der Waals surface area contributed by atoms with E-state index < -0.39 is 0 Å². The Morgan fingerprint density at radius 2 is 2.10 bits per heavy atom. The van der Waals surface area contributed by atoms with Crippen molar-refractivity contribution in [1.82, 2.24) is 4.90 Å². The van der Waals surface area contributed by atoms with Crippen LogP contribution in [0.5, 0.6) is 0 Å². The zero-order valence-corrected chi connectivity index (χ0v) is 11.9. The fraction of sp³-hybridized carbons (Fsp3) is 0.625. The summed E-state index contributed by atoms with van der Waals surface area (Å²) in [5, 5.41) is 0. The fourth-order valence-electron chi connectivity index (χ4n) is 3.40. The van der Waals surface area contributed by atoms with Gasteiger partial charge >= 0.3 is 0 Å². The van der Waals surface area contributed by atoms with Gasteiger partial charge in [0.2, 0.25) is 0 Å². The second-order valence-electron chi connectivity index (χ2n) is 5.57. The Kier molecular flexibility index (Phi) is 4.34. The Hall–Kier alpha value is -0.970. The summed E-state index contributed by atoms with van der Waals surface area (Å²) in [6, 6.07) is 7.24. The first-order valence-electron chi connectivity index (χ1n) is 7.49. The summed E-state index contributed by atoms with van der Waals surface area (Å²) in [6.07, 6.45) is 2.63. The van der Waals surface area contributed by atoms with Gasteiger partial charge in [-0.15, -0.1) is 0 Å². The van der Waals surface area contributed by atoms with Crippen LogP contribution in [0.3, 0.4) is 0 Å². The lowest BCUT2D eigenvalue weighted by Crippen LogP contribution is -2.51. The third-order valence-electron chi connectivity index (χ3n) is 4.33. The summed E-state index contributed by atoms with van der Waals surface area (Å²) in [7, 11) is 0. The highest BCUT2D eigenvalue weighted by Crippen LogP contribution is 2.32. The van der Waals surface area contributed by atoms with Gasteiger partial charge in [-0.2, -0.15) is 0 Å². The lowest BCUT2D eigenvalue weighted by Gasteiger charge is -2.39. The summed E-state index contributed by atoms with van der Waals surface area (Å²) < 4.78 is 24.7. The molecule has 0 spiro atoms. The number of fused-ring (bicyclic) bond motifs is 1. The summed E-state index contributed by atoms with van der Waals surface area (Å²) in [5.41, 5.74) is 1.16. The van der Waals surface area contributed by atoms with Crippen molar-refractivity contribution >= 4 is 0 Å². The summed E-state index contributed by atoms with van der Waals surface area (Å²) in [4.78, 5) is 2.46. The van der Waals surface area contributed by atoms with Crippen molar-refractivity contribution in [3.63, 3.8) is 0 Å². The quantitative estimate of drug-likeness (QED) is 0.845. The van der Waals surface area contributed by atoms with Crippen molar-refractivity contribution in [3.05, 3.63) is 35.6 Å². The lowest BCUT2D eigenvalue weighted by molar-refractivity contribution is -0.113. The van der Waals surface area contributed by atoms with Crippen LogP contribution in [0.25, 0.3) is 0 Å². The van der Waals surface area contributed by atoms with E-state index in [2.05, 4.69) is 4.90 Å². The Labute approximate surface area is 119 Å². The molecule has 2 fully saturated rings. The van der Waals surface area contributed by atoms with Crippen LogP contribution in [0, 0.1) is 5.82 Å². The highest BCUT2D eigenvalue weighted by atomic mass is 19.1. The largest absolute Gasteiger partial charge is 0.376 e. The molecule has 110 valence electrons. The molecule has 4 heteroatoms. The van der Waals surface area contributed by atoms with Crippen LogP contribution < -0.4 is 0 Å². The first-order chi connectivity index (χ1) is 9.78. The molecule has 1 saturated carbocycles. The van der Waals surface area contributed by atoms with Gasteiger partial charge in [-0.3, -0.25) is 4.90 Å². The molecule has 2 aliphatic rings. The summed E-state index contributed by atoms with van der Waals surface area (Å²) in [6.45, 7) is 5.34. The van der Waals surface area contributed by atoms with Crippen LogP contribution in [-0.4, -0.2) is 42.9 Å². The maximum atomic E-state index is 13.0. The molecule has 1 aromatic rings. The average molecular weight is 279 g/mol. The molecule has 1 aliphatic carbocycles. The summed E-state index contributed by atoms with van der Waals surface area (Å²) in [5.74, 6) is -0.175. The minimum absolute atomic E-state index is 0.175. The first kappa shape index (κ1) is 14.0. The van der Waals surface area contributed by atoms with E-state index in [1.54, 1.807) is 0 Å². The van der Waals surface area contributed by atoms with E-state index in [0.29, 0.717) is 6.04 Å². The fourth-order valence-corrected chi connectivity index (χ4v) is 3.40. The molecule has 3 atom stereocenters. The van der Waals surface area contributed by atoms with Gasteiger partial charge in [0.1, 0.15) is 5.82 Å². The maximum Gasteiger partial charge on any atom is 0.123 e. The molecular weight excluding hydrogens is 257 g/mol. The van der Waals surface area contributed by atoms with Gasteiger partial charge in [0.05, 0.1) is 18.8 Å². The third-order valence-corrected chi connectivity index (χ3v) is 4.33. The van der Waals surface area contributed by atoms with Crippen LogP contribution >= 0.6 is 0 Å². The molecule has 3 rings (SSSR count). The van der Waals surface area contributed by atoms with Crippen LogP contribution in [0.1, 0.15) is 25.3 Å². The van der Waals surface area contributed by atoms with Crippen LogP contribution in [0.2, 0.25) is 0 Å². The molecule has 1 aliphatic heterocycles. The number of morpholine rings is 1. The molecule has 0 radical (unpaired) electrons. The van der Waals surface area contributed by atoms with Crippen LogP contribution in [-0.2, 0) is 16.0 Å². The van der Waals surface area contributed by atoms with Gasteiger partial charge in [-0.25, -0.2) is 4.39 Å². The molecule has 1 aromatic carbocycles. The number of rotatable bonds is 4. The molecule has 20 heavy (non-hydrogen) atoms. The van der Waals surface area contributed by atoms with Crippen molar-refractivity contribution in [1.29, 1.82) is 0 Å². The maximum absolute atomic E-state index is 13.0. The second kappa shape index (κ2) is 6.20. The second-order valence-corrected chi connectivity index (χ2v) is 5.57. The Morgan fingerprint density at radius 3 is 2.85 bits per heavy atom. The van der Waals surface area contributed by atoms with E-state index in [4.69, 9.17) is 9.47 Å². The lowest BCUT2D eigenvalue weighted by atomic mass is 10.1. The molecule has 0 aromatic heterocycles. The van der Waals surface area contributed by atoms with Crippen molar-refractivity contribution in [2.24, 2.45) is 0 Å². The standard InChI is InChI=1S/C16H22FNO2/c1-2-19-15-8-7-14-16(15)20-10-9-18(14)11-12-3-5-13(17)6-4-12/h3-6,14-16H,2,7-11H2,1H3/t14-,15+,16+/m0/s1. The Bertz CT molecular complexity index is 437. The van der Waals surface area contributed by atoms with E-state index in [-0.39, 0.29) is 18.0 Å². The normalized spacial score (nSPS) is 30.4. The SMILES string of the molecule is CCO[C@@H]1CC[C@H]2[C@H]1OCCN2Cc1ccc(F)cc1. The highest BCUT2D eigenvalue weighted by molar-refractivity contribution is 5.16. The zero-order valence-electron chi connectivity index (χ0n) is 11.9. The van der Waals surface area contributed by atoms with Gasteiger partial charge in [0.25, 0.3) is 0 Å². The number of hydrogen-bond acceptors (Lipinski definition) is 3. The highest BCUT2D eigenvalue weighted by Gasteiger charge is 2.42. The number of ether oxygens (including phenoxy) is 2. The molecule has 1 heterocycles. The van der Waals surface area contributed by atoms with Gasteiger partial charge < -0.3 is 9.47 Å². The van der Waals surface area contributed by atoms with Crippen molar-refractivity contribution in [2.45, 2.75) is 44.6 Å². The van der Waals surface area contributed by atoms with E-state index >= 15 is 0 Å². The monoisotopic (exact) mass is 279 g/mol. The third kappa shape index (κ3) is 2.87. The van der Waals surface area contributed by atoms with Gasteiger partial charge in [-0.05, 0) is 37.5 Å². The van der Waals surface area contributed by atoms with Gasteiger partial charge in [0.15, 0.2) is 0 Å².